The average molecular weight is 171 g/mol. The summed E-state index contributed by atoms with van der Waals surface area (Å²) in [6.07, 6.45) is 3.38. The number of likely N-dealkylation sites (N-methyl/N-ethyl adjacent to an activating group) is 1. The molecule has 1 rings (SSSR count). The van der Waals surface area contributed by atoms with Crippen molar-refractivity contribution < 1.29 is 9.90 Å². The molecule has 0 aromatic carbocycles. The molecule has 12 heavy (non-hydrogen) atoms. The van der Waals surface area contributed by atoms with E-state index in [4.69, 9.17) is 5.11 Å². The van der Waals surface area contributed by atoms with Gasteiger partial charge in [-0.2, -0.15) is 0 Å². The summed E-state index contributed by atoms with van der Waals surface area (Å²) >= 11 is 0. The number of aliphatic carboxylic acids is 1. The van der Waals surface area contributed by atoms with Crippen LogP contribution in [-0.4, -0.2) is 35.6 Å². The Morgan fingerprint density at radius 3 is 2.75 bits per heavy atom. The minimum absolute atomic E-state index is 0.212. The van der Waals surface area contributed by atoms with Gasteiger partial charge in [-0.25, -0.2) is 0 Å². The van der Waals surface area contributed by atoms with Crippen molar-refractivity contribution in [3.63, 3.8) is 0 Å². The summed E-state index contributed by atoms with van der Waals surface area (Å²) in [6.45, 7) is 3.09. The quantitative estimate of drug-likeness (QED) is 0.690. The summed E-state index contributed by atoms with van der Waals surface area (Å²) in [5.41, 5.74) is 0. The molecule has 0 amide bonds. The fourth-order valence-electron chi connectivity index (χ4n) is 1.91. The minimum Gasteiger partial charge on any atom is -0.480 e. The second-order valence-electron chi connectivity index (χ2n) is 3.62. The van der Waals surface area contributed by atoms with Crippen LogP contribution in [0.25, 0.3) is 0 Å². The third kappa shape index (κ3) is 1.78. The zero-order chi connectivity index (χ0) is 9.14. The van der Waals surface area contributed by atoms with Crippen LogP contribution in [0, 0.1) is 5.92 Å². The Balaban J connectivity index is 2.33. The molecule has 1 heterocycles. The highest BCUT2D eigenvalue weighted by atomic mass is 16.4. The van der Waals surface area contributed by atoms with Crippen LogP contribution in [-0.2, 0) is 4.79 Å². The highest BCUT2D eigenvalue weighted by Gasteiger charge is 2.40. The molecule has 0 aliphatic carbocycles. The molecule has 1 saturated heterocycles. The molecule has 3 heteroatoms. The summed E-state index contributed by atoms with van der Waals surface area (Å²) in [7, 11) is 1.88. The Bertz CT molecular complexity index is 170. The molecule has 0 saturated carbocycles. The summed E-state index contributed by atoms with van der Waals surface area (Å²) in [4.78, 5) is 12.6. The number of hydrogen-bond donors (Lipinski definition) is 1. The van der Waals surface area contributed by atoms with Crippen LogP contribution >= 0.6 is 0 Å². The summed E-state index contributed by atoms with van der Waals surface area (Å²) < 4.78 is 0. The Labute approximate surface area is 73.4 Å². The van der Waals surface area contributed by atoms with Crippen LogP contribution < -0.4 is 0 Å². The number of carbonyl (C=O) groups is 1. The van der Waals surface area contributed by atoms with E-state index in [9.17, 15) is 4.79 Å². The molecule has 1 fully saturated rings. The van der Waals surface area contributed by atoms with Crippen LogP contribution in [0.5, 0.6) is 0 Å². The molecular formula is C9H17NO2. The van der Waals surface area contributed by atoms with Gasteiger partial charge in [-0.05, 0) is 19.4 Å². The predicted octanol–water partition coefficient (Wildman–Crippen LogP) is 1.19. The molecule has 1 aliphatic heterocycles. The molecular weight excluding hydrogens is 154 g/mol. The summed E-state index contributed by atoms with van der Waals surface area (Å²) in [5, 5.41) is 8.83. The van der Waals surface area contributed by atoms with Crippen molar-refractivity contribution >= 4 is 5.97 Å². The Morgan fingerprint density at radius 1 is 1.67 bits per heavy atom. The van der Waals surface area contributed by atoms with Gasteiger partial charge in [0, 0.05) is 6.54 Å². The highest BCUT2D eigenvalue weighted by Crippen LogP contribution is 2.27. The van der Waals surface area contributed by atoms with E-state index < -0.39 is 5.97 Å². The summed E-state index contributed by atoms with van der Waals surface area (Å²) in [6, 6.07) is -0.212. The van der Waals surface area contributed by atoms with Crippen LogP contribution in [0.4, 0.5) is 0 Å². The van der Waals surface area contributed by atoms with Crippen molar-refractivity contribution in [2.24, 2.45) is 5.92 Å². The zero-order valence-electron chi connectivity index (χ0n) is 7.79. The number of unbranched alkanes of at least 4 members (excludes halogenated alkanes) is 1. The van der Waals surface area contributed by atoms with E-state index in [0.717, 1.165) is 25.8 Å². The first-order valence-corrected chi connectivity index (χ1v) is 4.59. The van der Waals surface area contributed by atoms with Crippen molar-refractivity contribution in [3.05, 3.63) is 0 Å². The van der Waals surface area contributed by atoms with Crippen molar-refractivity contribution in [1.82, 2.24) is 4.90 Å². The van der Waals surface area contributed by atoms with Crippen molar-refractivity contribution in [2.45, 2.75) is 32.2 Å². The normalized spacial score (nSPS) is 29.8. The largest absolute Gasteiger partial charge is 0.480 e. The van der Waals surface area contributed by atoms with Crippen LogP contribution in [0.2, 0.25) is 0 Å². The zero-order valence-corrected chi connectivity index (χ0v) is 7.79. The molecule has 0 bridgehead atoms. The molecule has 70 valence electrons. The molecule has 0 aromatic heterocycles. The van der Waals surface area contributed by atoms with E-state index in [2.05, 4.69) is 6.92 Å². The van der Waals surface area contributed by atoms with Gasteiger partial charge in [0.2, 0.25) is 0 Å². The fraction of sp³-hybridized carbons (Fsp3) is 0.889. The van der Waals surface area contributed by atoms with Gasteiger partial charge in [0.15, 0.2) is 0 Å². The lowest BCUT2D eigenvalue weighted by atomic mass is 9.85. The number of nitrogens with zero attached hydrogens (tertiary/aromatic N) is 1. The lowest BCUT2D eigenvalue weighted by Crippen LogP contribution is -2.57. The second-order valence-corrected chi connectivity index (χ2v) is 3.62. The van der Waals surface area contributed by atoms with Gasteiger partial charge in [0.05, 0.1) is 0 Å². The Kier molecular flexibility index (Phi) is 3.09. The average Bonchev–Trinajstić information content (AvgIpc) is 1.95. The molecule has 1 N–H and O–H groups in total. The third-order valence-electron chi connectivity index (χ3n) is 2.63. The maximum Gasteiger partial charge on any atom is 0.321 e. The minimum atomic E-state index is -0.662. The molecule has 2 unspecified atom stereocenters. The number of hydrogen-bond acceptors (Lipinski definition) is 2. The second kappa shape index (κ2) is 3.90. The standard InChI is InChI=1S/C9H17NO2/c1-3-4-5-7-6-10(2)8(7)9(11)12/h7-8H,3-6H2,1-2H3,(H,11,12). The van der Waals surface area contributed by atoms with E-state index in [1.165, 1.54) is 0 Å². The van der Waals surface area contributed by atoms with E-state index >= 15 is 0 Å². The summed E-state index contributed by atoms with van der Waals surface area (Å²) in [5.74, 6) is -0.266. The lowest BCUT2D eigenvalue weighted by molar-refractivity contribution is -0.152. The van der Waals surface area contributed by atoms with Gasteiger partial charge in [0.25, 0.3) is 0 Å². The molecule has 3 nitrogen and oxygen atoms in total. The monoisotopic (exact) mass is 171 g/mol. The van der Waals surface area contributed by atoms with E-state index in [-0.39, 0.29) is 6.04 Å². The van der Waals surface area contributed by atoms with Gasteiger partial charge >= 0.3 is 5.97 Å². The molecule has 1 aliphatic rings. The number of rotatable bonds is 4. The number of carboxylic acid groups (broad SMARTS) is 1. The topological polar surface area (TPSA) is 40.5 Å². The van der Waals surface area contributed by atoms with Gasteiger partial charge in [-0.1, -0.05) is 19.8 Å². The SMILES string of the molecule is CCCCC1CN(C)C1C(=O)O. The van der Waals surface area contributed by atoms with E-state index in [1.54, 1.807) is 0 Å². The molecule has 0 spiro atoms. The maximum atomic E-state index is 10.7. The lowest BCUT2D eigenvalue weighted by Gasteiger charge is -2.43. The first-order valence-electron chi connectivity index (χ1n) is 4.59. The van der Waals surface area contributed by atoms with Crippen LogP contribution in [0.1, 0.15) is 26.2 Å². The van der Waals surface area contributed by atoms with Crippen molar-refractivity contribution in [1.29, 1.82) is 0 Å². The van der Waals surface area contributed by atoms with Crippen LogP contribution in [0.3, 0.4) is 0 Å². The molecule has 2 atom stereocenters. The highest BCUT2D eigenvalue weighted by molar-refractivity contribution is 5.75. The molecule has 0 radical (unpaired) electrons. The third-order valence-corrected chi connectivity index (χ3v) is 2.63. The van der Waals surface area contributed by atoms with Crippen molar-refractivity contribution in [2.75, 3.05) is 13.6 Å². The van der Waals surface area contributed by atoms with E-state index in [1.807, 2.05) is 11.9 Å². The number of likely N-dealkylation sites (tertiary alicyclic amines) is 1. The van der Waals surface area contributed by atoms with E-state index in [0.29, 0.717) is 5.92 Å². The Hall–Kier alpha value is -0.570. The van der Waals surface area contributed by atoms with Gasteiger partial charge in [-0.15, -0.1) is 0 Å². The van der Waals surface area contributed by atoms with Gasteiger partial charge in [0.1, 0.15) is 6.04 Å². The first-order chi connectivity index (χ1) is 5.66. The first kappa shape index (κ1) is 9.52. The maximum absolute atomic E-state index is 10.7. The smallest absolute Gasteiger partial charge is 0.321 e. The predicted molar refractivity (Wildman–Crippen MR) is 47.1 cm³/mol. The van der Waals surface area contributed by atoms with Crippen molar-refractivity contribution in [3.8, 4) is 0 Å². The fourth-order valence-corrected chi connectivity index (χ4v) is 1.91. The Morgan fingerprint density at radius 2 is 2.33 bits per heavy atom. The van der Waals surface area contributed by atoms with Gasteiger partial charge in [-0.3, -0.25) is 9.69 Å². The molecule has 0 aromatic rings. The van der Waals surface area contributed by atoms with Gasteiger partial charge < -0.3 is 5.11 Å². The number of carboxylic acids is 1. The van der Waals surface area contributed by atoms with Crippen LogP contribution in [0.15, 0.2) is 0 Å².